The number of fused-ring (bicyclic) bond motifs is 1. The van der Waals surface area contributed by atoms with Crippen LogP contribution in [0, 0.1) is 0 Å². The Balaban J connectivity index is 1.49. The Kier molecular flexibility index (Phi) is 5.22. The van der Waals surface area contributed by atoms with E-state index in [9.17, 15) is 4.79 Å². The second-order valence-electron chi connectivity index (χ2n) is 6.25. The second kappa shape index (κ2) is 7.94. The number of para-hydroxylation sites is 1. The van der Waals surface area contributed by atoms with E-state index in [2.05, 4.69) is 10.3 Å². The molecule has 0 radical (unpaired) electrons. The van der Waals surface area contributed by atoms with Crippen LogP contribution < -0.4 is 14.8 Å². The molecule has 6 nitrogen and oxygen atoms in total. The lowest BCUT2D eigenvalue weighted by Gasteiger charge is -2.14. The van der Waals surface area contributed by atoms with Gasteiger partial charge in [-0.2, -0.15) is 0 Å². The van der Waals surface area contributed by atoms with Gasteiger partial charge in [-0.05, 0) is 43.2 Å². The molecule has 1 N–H and O–H groups in total. The fraction of sp³-hybridized carbons (Fsp3) is 0.300. The number of anilines is 1. The number of hydrogen-bond donors (Lipinski definition) is 1. The van der Waals surface area contributed by atoms with Crippen LogP contribution in [-0.2, 0) is 4.74 Å². The number of nitrogens with one attached hydrogen (secondary N) is 1. The molecule has 1 atom stereocenters. The Morgan fingerprint density at radius 2 is 2.22 bits per heavy atom. The van der Waals surface area contributed by atoms with Gasteiger partial charge < -0.3 is 14.2 Å². The van der Waals surface area contributed by atoms with Crippen molar-refractivity contribution in [1.82, 2.24) is 4.98 Å². The predicted molar refractivity (Wildman–Crippen MR) is 105 cm³/mol. The van der Waals surface area contributed by atoms with Crippen molar-refractivity contribution in [2.45, 2.75) is 18.9 Å². The number of carbonyl (C=O) groups is 1. The zero-order chi connectivity index (χ0) is 18.6. The van der Waals surface area contributed by atoms with Gasteiger partial charge >= 0.3 is 0 Å². The maximum absolute atomic E-state index is 12.8. The summed E-state index contributed by atoms with van der Waals surface area (Å²) in [6.07, 6.45) is 2.14. The van der Waals surface area contributed by atoms with Crippen molar-refractivity contribution in [2.75, 3.05) is 25.6 Å². The normalized spacial score (nSPS) is 16.4. The van der Waals surface area contributed by atoms with Crippen molar-refractivity contribution in [3.8, 4) is 11.5 Å². The summed E-state index contributed by atoms with van der Waals surface area (Å²) in [6.45, 7) is 1.23. The molecular formula is C20H20N2O4S. The highest BCUT2D eigenvalue weighted by Crippen LogP contribution is 2.30. The molecule has 7 heteroatoms. The van der Waals surface area contributed by atoms with Gasteiger partial charge in [-0.3, -0.25) is 10.1 Å². The predicted octanol–water partition coefficient (Wildman–Crippen LogP) is 4.12. The number of benzene rings is 2. The van der Waals surface area contributed by atoms with Crippen LogP contribution >= 0.6 is 11.3 Å². The van der Waals surface area contributed by atoms with Crippen LogP contribution in [-0.4, -0.2) is 37.3 Å². The fourth-order valence-corrected chi connectivity index (χ4v) is 3.88. The summed E-state index contributed by atoms with van der Waals surface area (Å²) < 4.78 is 17.6. The van der Waals surface area contributed by atoms with E-state index in [-0.39, 0.29) is 12.0 Å². The first kappa shape index (κ1) is 17.8. The number of thiazole rings is 1. The number of rotatable bonds is 6. The maximum Gasteiger partial charge on any atom is 0.261 e. The third-order valence-electron chi connectivity index (χ3n) is 4.40. The molecule has 0 bridgehead atoms. The molecule has 3 aromatic rings. The molecule has 1 aliphatic heterocycles. The van der Waals surface area contributed by atoms with Crippen molar-refractivity contribution in [3.63, 3.8) is 0 Å². The number of hydrogen-bond acceptors (Lipinski definition) is 6. The molecule has 0 saturated carbocycles. The highest BCUT2D eigenvalue weighted by atomic mass is 32.1. The van der Waals surface area contributed by atoms with Gasteiger partial charge in [0.2, 0.25) is 0 Å². The van der Waals surface area contributed by atoms with Crippen molar-refractivity contribution >= 4 is 32.6 Å². The lowest BCUT2D eigenvalue weighted by Crippen LogP contribution is -2.19. The summed E-state index contributed by atoms with van der Waals surface area (Å²) in [7, 11) is 1.62. The minimum absolute atomic E-state index is 0.0976. The molecule has 1 unspecified atom stereocenters. The zero-order valence-electron chi connectivity index (χ0n) is 14.9. The van der Waals surface area contributed by atoms with Gasteiger partial charge in [0.1, 0.15) is 18.1 Å². The third kappa shape index (κ3) is 4.04. The summed E-state index contributed by atoms with van der Waals surface area (Å²) in [6, 6.07) is 12.8. The monoisotopic (exact) mass is 384 g/mol. The molecule has 0 aliphatic carbocycles. The zero-order valence-corrected chi connectivity index (χ0v) is 15.8. The van der Waals surface area contributed by atoms with E-state index >= 15 is 0 Å². The van der Waals surface area contributed by atoms with E-state index in [1.165, 1.54) is 11.3 Å². The summed E-state index contributed by atoms with van der Waals surface area (Å²) in [5, 5.41) is 3.41. The van der Waals surface area contributed by atoms with Crippen molar-refractivity contribution < 1.29 is 19.0 Å². The summed E-state index contributed by atoms with van der Waals surface area (Å²) in [4.78, 5) is 17.2. The Morgan fingerprint density at radius 3 is 3.04 bits per heavy atom. The summed E-state index contributed by atoms with van der Waals surface area (Å²) >= 11 is 1.41. The number of aromatic nitrogens is 1. The number of methoxy groups -OCH3 is 1. The van der Waals surface area contributed by atoms with Gasteiger partial charge in [-0.1, -0.05) is 23.5 Å². The number of carbonyl (C=O) groups excluding carboxylic acids is 1. The molecule has 1 fully saturated rings. The van der Waals surface area contributed by atoms with E-state index in [0.717, 1.165) is 35.4 Å². The van der Waals surface area contributed by atoms with Crippen LogP contribution in [0.1, 0.15) is 23.2 Å². The molecule has 27 heavy (non-hydrogen) atoms. The lowest BCUT2D eigenvalue weighted by atomic mass is 10.2. The number of ether oxygens (including phenoxy) is 3. The van der Waals surface area contributed by atoms with Crippen molar-refractivity contribution in [2.24, 2.45) is 0 Å². The van der Waals surface area contributed by atoms with Crippen molar-refractivity contribution in [3.05, 3.63) is 48.0 Å². The van der Waals surface area contributed by atoms with E-state index < -0.39 is 0 Å². The molecule has 0 spiro atoms. The maximum atomic E-state index is 12.8. The molecule has 1 aromatic heterocycles. The average molecular weight is 384 g/mol. The molecule has 2 aromatic carbocycles. The van der Waals surface area contributed by atoms with Gasteiger partial charge in [0.15, 0.2) is 5.13 Å². The molecular weight excluding hydrogens is 364 g/mol. The van der Waals surface area contributed by atoms with E-state index in [4.69, 9.17) is 14.2 Å². The van der Waals surface area contributed by atoms with Crippen LogP contribution in [0.15, 0.2) is 42.5 Å². The first-order chi connectivity index (χ1) is 13.2. The minimum atomic E-state index is -0.246. The van der Waals surface area contributed by atoms with Crippen LogP contribution in [0.2, 0.25) is 0 Å². The third-order valence-corrected chi connectivity index (χ3v) is 5.33. The highest BCUT2D eigenvalue weighted by Gasteiger charge is 2.19. The van der Waals surface area contributed by atoms with E-state index in [0.29, 0.717) is 23.1 Å². The Bertz CT molecular complexity index is 950. The Hall–Kier alpha value is -2.64. The Morgan fingerprint density at radius 1 is 1.33 bits per heavy atom. The lowest BCUT2D eigenvalue weighted by molar-refractivity contribution is 0.0673. The molecule has 4 rings (SSSR count). The topological polar surface area (TPSA) is 69.7 Å². The second-order valence-corrected chi connectivity index (χ2v) is 7.28. The SMILES string of the molecule is COc1ccc2nc(NC(=O)c3ccccc3OCC3CCCO3)sc2c1. The van der Waals surface area contributed by atoms with Gasteiger partial charge in [0.05, 0.1) is 29.0 Å². The van der Waals surface area contributed by atoms with Crippen molar-refractivity contribution in [1.29, 1.82) is 0 Å². The minimum Gasteiger partial charge on any atom is -0.497 e. The molecule has 140 valence electrons. The molecule has 1 amide bonds. The molecule has 2 heterocycles. The van der Waals surface area contributed by atoms with Gasteiger partial charge in [0, 0.05) is 6.61 Å². The summed E-state index contributed by atoms with van der Waals surface area (Å²) in [5.74, 6) is 1.06. The van der Waals surface area contributed by atoms with E-state index in [1.54, 1.807) is 19.2 Å². The van der Waals surface area contributed by atoms with Gasteiger partial charge in [-0.15, -0.1) is 0 Å². The van der Waals surface area contributed by atoms with E-state index in [1.807, 2.05) is 30.3 Å². The van der Waals surface area contributed by atoms with Gasteiger partial charge in [-0.25, -0.2) is 4.98 Å². The van der Waals surface area contributed by atoms with Crippen LogP contribution in [0.3, 0.4) is 0 Å². The van der Waals surface area contributed by atoms with Crippen LogP contribution in [0.25, 0.3) is 10.2 Å². The Labute approximate surface area is 161 Å². The average Bonchev–Trinajstić information content (AvgIpc) is 3.35. The first-order valence-corrected chi connectivity index (χ1v) is 9.64. The molecule has 1 aliphatic rings. The van der Waals surface area contributed by atoms with Crippen LogP contribution in [0.5, 0.6) is 11.5 Å². The molecule has 1 saturated heterocycles. The number of nitrogens with zero attached hydrogens (tertiary/aromatic N) is 1. The largest absolute Gasteiger partial charge is 0.497 e. The highest BCUT2D eigenvalue weighted by molar-refractivity contribution is 7.22. The summed E-state index contributed by atoms with van der Waals surface area (Å²) in [5.41, 5.74) is 1.30. The fourth-order valence-electron chi connectivity index (χ4n) is 2.99. The number of amides is 1. The van der Waals surface area contributed by atoms with Crippen LogP contribution in [0.4, 0.5) is 5.13 Å². The quantitative estimate of drug-likeness (QED) is 0.692. The smallest absolute Gasteiger partial charge is 0.261 e. The van der Waals surface area contributed by atoms with Gasteiger partial charge in [0.25, 0.3) is 5.91 Å². The standard InChI is InChI=1S/C20H20N2O4S/c1-24-13-8-9-16-18(11-13)27-20(21-16)22-19(23)15-6-2-3-7-17(15)26-12-14-5-4-10-25-14/h2-3,6-9,11,14H,4-5,10,12H2,1H3,(H,21,22,23). The first-order valence-electron chi connectivity index (χ1n) is 8.82.